The molecule has 1 saturated carbocycles. The number of hydrogen-bond donors (Lipinski definition) is 2. The summed E-state index contributed by atoms with van der Waals surface area (Å²) in [4.78, 5) is 12.7. The van der Waals surface area contributed by atoms with E-state index in [1.165, 1.54) is 0 Å². The molecule has 1 aromatic rings. The summed E-state index contributed by atoms with van der Waals surface area (Å²) in [5.74, 6) is -0.254. The van der Waals surface area contributed by atoms with Crippen LogP contribution >= 0.6 is 0 Å². The first kappa shape index (κ1) is 22.6. The number of aryl methyl sites for hydroxylation is 1. The largest absolute Gasteiger partial charge is 0.376 e. The van der Waals surface area contributed by atoms with Gasteiger partial charge in [-0.3, -0.25) is 4.79 Å². The van der Waals surface area contributed by atoms with Crippen LogP contribution < -0.4 is 10.6 Å². The van der Waals surface area contributed by atoms with Crippen LogP contribution in [-0.2, 0) is 14.8 Å². The van der Waals surface area contributed by atoms with Gasteiger partial charge in [0.15, 0.2) is 0 Å². The number of rotatable bonds is 6. The number of benzene rings is 1. The first-order valence-corrected chi connectivity index (χ1v) is 12.4. The third-order valence-corrected chi connectivity index (χ3v) is 8.16. The van der Waals surface area contributed by atoms with Crippen molar-refractivity contribution < 1.29 is 13.2 Å². The number of amides is 1. The van der Waals surface area contributed by atoms with Crippen molar-refractivity contribution in [2.24, 2.45) is 0 Å². The summed E-state index contributed by atoms with van der Waals surface area (Å²) in [5, 5.41) is 15.4. The van der Waals surface area contributed by atoms with Gasteiger partial charge in [0.1, 0.15) is 5.54 Å². The van der Waals surface area contributed by atoms with E-state index in [1.54, 1.807) is 29.4 Å². The summed E-state index contributed by atoms with van der Waals surface area (Å²) in [6.07, 6.45) is 8.23. The summed E-state index contributed by atoms with van der Waals surface area (Å²) in [6.45, 7) is 2.90. The third-order valence-electron chi connectivity index (χ3n) is 6.12. The lowest BCUT2D eigenvalue weighted by molar-refractivity contribution is -0.121. The van der Waals surface area contributed by atoms with Crippen molar-refractivity contribution in [1.82, 2.24) is 9.62 Å². The van der Waals surface area contributed by atoms with Gasteiger partial charge >= 0.3 is 0 Å². The quantitative estimate of drug-likeness (QED) is 0.718. The molecule has 1 aliphatic heterocycles. The number of carbonyl (C=O) groups excluding carboxylic acids is 1. The van der Waals surface area contributed by atoms with E-state index in [0.29, 0.717) is 37.2 Å². The minimum atomic E-state index is -3.56. The zero-order chi connectivity index (χ0) is 21.6. The van der Waals surface area contributed by atoms with Gasteiger partial charge < -0.3 is 10.6 Å². The van der Waals surface area contributed by atoms with Crippen molar-refractivity contribution in [3.8, 4) is 6.07 Å². The lowest BCUT2D eigenvalue weighted by Crippen LogP contribution is -2.50. The normalized spacial score (nSPS) is 20.0. The highest BCUT2D eigenvalue weighted by atomic mass is 32.2. The second-order valence-electron chi connectivity index (χ2n) is 8.45. The first-order valence-electron chi connectivity index (χ1n) is 10.9. The molecule has 1 saturated heterocycles. The maximum Gasteiger partial charge on any atom is 0.243 e. The highest BCUT2D eigenvalue weighted by Gasteiger charge is 2.33. The van der Waals surface area contributed by atoms with E-state index in [9.17, 15) is 18.5 Å². The summed E-state index contributed by atoms with van der Waals surface area (Å²) in [5.41, 5.74) is 0.504. The van der Waals surface area contributed by atoms with Crippen molar-refractivity contribution in [2.45, 2.75) is 75.1 Å². The van der Waals surface area contributed by atoms with Crippen molar-refractivity contribution in [1.29, 1.82) is 5.26 Å². The number of nitrogens with one attached hydrogen (secondary N) is 2. The fourth-order valence-corrected chi connectivity index (χ4v) is 6.09. The van der Waals surface area contributed by atoms with Crippen molar-refractivity contribution in [2.75, 3.05) is 25.0 Å². The fraction of sp³-hybridized carbons (Fsp3) is 0.636. The molecule has 0 atom stereocenters. The molecule has 0 unspecified atom stereocenters. The molecule has 8 heteroatoms. The lowest BCUT2D eigenvalue weighted by atomic mass is 9.83. The zero-order valence-electron chi connectivity index (χ0n) is 17.7. The Morgan fingerprint density at radius 3 is 2.37 bits per heavy atom. The number of nitrogens with zero attached hydrogens (tertiary/aromatic N) is 2. The van der Waals surface area contributed by atoms with E-state index in [2.05, 4.69) is 16.7 Å². The topological polar surface area (TPSA) is 102 Å². The Labute approximate surface area is 179 Å². The van der Waals surface area contributed by atoms with Crippen LogP contribution in [-0.4, -0.2) is 43.8 Å². The molecule has 1 heterocycles. The van der Waals surface area contributed by atoms with Crippen LogP contribution in [0.4, 0.5) is 5.69 Å². The summed E-state index contributed by atoms with van der Waals surface area (Å²) >= 11 is 0. The van der Waals surface area contributed by atoms with E-state index in [-0.39, 0.29) is 17.3 Å². The molecule has 2 N–H and O–H groups in total. The molecular weight excluding hydrogens is 400 g/mol. The number of carbonyl (C=O) groups is 1. The molecular formula is C22H32N4O3S. The molecule has 3 rings (SSSR count). The number of nitriles is 1. The van der Waals surface area contributed by atoms with Gasteiger partial charge in [-0.2, -0.15) is 9.57 Å². The molecule has 2 aliphatic rings. The Morgan fingerprint density at radius 2 is 1.73 bits per heavy atom. The van der Waals surface area contributed by atoms with Crippen molar-refractivity contribution in [3.63, 3.8) is 0 Å². The average molecular weight is 433 g/mol. The molecule has 1 aliphatic carbocycles. The highest BCUT2D eigenvalue weighted by Crippen LogP contribution is 2.28. The molecule has 0 radical (unpaired) electrons. The average Bonchev–Trinajstić information content (AvgIpc) is 3.04. The van der Waals surface area contributed by atoms with Crippen LogP contribution in [0.5, 0.6) is 0 Å². The number of hydrogen-bond acceptors (Lipinski definition) is 5. The van der Waals surface area contributed by atoms with E-state index in [0.717, 1.165) is 44.9 Å². The molecule has 164 valence electrons. The Balaban J connectivity index is 1.67. The first-order chi connectivity index (χ1) is 14.4. The molecule has 7 nitrogen and oxygen atoms in total. The number of anilines is 1. The maximum absolute atomic E-state index is 13.2. The van der Waals surface area contributed by atoms with Crippen molar-refractivity contribution in [3.05, 3.63) is 23.8 Å². The van der Waals surface area contributed by atoms with E-state index in [1.807, 2.05) is 0 Å². The Hall–Kier alpha value is -2.11. The van der Waals surface area contributed by atoms with Gasteiger partial charge in [0, 0.05) is 18.8 Å². The van der Waals surface area contributed by atoms with Crippen molar-refractivity contribution >= 4 is 21.6 Å². The molecule has 1 amide bonds. The van der Waals surface area contributed by atoms with Crippen LogP contribution in [0.2, 0.25) is 0 Å². The van der Waals surface area contributed by atoms with Crippen LogP contribution in [0, 0.1) is 18.3 Å². The molecule has 0 bridgehead atoms. The Morgan fingerprint density at radius 1 is 1.10 bits per heavy atom. The van der Waals surface area contributed by atoms with Gasteiger partial charge in [-0.05, 0) is 50.3 Å². The van der Waals surface area contributed by atoms with Gasteiger partial charge in [0.25, 0.3) is 0 Å². The molecule has 0 aromatic heterocycles. The minimum absolute atomic E-state index is 0.00427. The van der Waals surface area contributed by atoms with Crippen LogP contribution in [0.3, 0.4) is 0 Å². The monoisotopic (exact) mass is 432 g/mol. The van der Waals surface area contributed by atoms with Gasteiger partial charge in [0.2, 0.25) is 15.9 Å². The van der Waals surface area contributed by atoms with E-state index >= 15 is 0 Å². The lowest BCUT2D eigenvalue weighted by Gasteiger charge is -2.31. The molecule has 0 spiro atoms. The van der Waals surface area contributed by atoms with Gasteiger partial charge in [-0.15, -0.1) is 0 Å². The predicted octanol–water partition coefficient (Wildman–Crippen LogP) is 3.31. The summed E-state index contributed by atoms with van der Waals surface area (Å²) < 4.78 is 27.9. The Bertz CT molecular complexity index is 893. The highest BCUT2D eigenvalue weighted by molar-refractivity contribution is 7.89. The SMILES string of the molecule is Cc1ccc(NCC(=O)NC2(C#N)CCCCC2)cc1S(=O)(=O)N1CCCCCC1. The number of sulfonamides is 1. The second kappa shape index (κ2) is 9.80. The molecule has 1 aromatic carbocycles. The summed E-state index contributed by atoms with van der Waals surface area (Å²) in [6, 6.07) is 7.44. The van der Waals surface area contributed by atoms with E-state index < -0.39 is 15.6 Å². The van der Waals surface area contributed by atoms with Gasteiger partial charge in [0.05, 0.1) is 17.5 Å². The maximum atomic E-state index is 13.2. The van der Waals surface area contributed by atoms with Gasteiger partial charge in [-0.25, -0.2) is 8.42 Å². The van der Waals surface area contributed by atoms with Gasteiger partial charge in [-0.1, -0.05) is 38.2 Å². The predicted molar refractivity (Wildman–Crippen MR) is 116 cm³/mol. The zero-order valence-corrected chi connectivity index (χ0v) is 18.6. The molecule has 30 heavy (non-hydrogen) atoms. The van der Waals surface area contributed by atoms with E-state index in [4.69, 9.17) is 0 Å². The Kier molecular flexibility index (Phi) is 7.37. The third kappa shape index (κ3) is 5.32. The molecule has 2 fully saturated rings. The second-order valence-corrected chi connectivity index (χ2v) is 10.4. The van der Waals surface area contributed by atoms with Crippen LogP contribution in [0.15, 0.2) is 23.1 Å². The minimum Gasteiger partial charge on any atom is -0.376 e. The summed E-state index contributed by atoms with van der Waals surface area (Å²) in [7, 11) is -3.56. The van der Waals surface area contributed by atoms with Crippen LogP contribution in [0.1, 0.15) is 63.4 Å². The van der Waals surface area contributed by atoms with Crippen LogP contribution in [0.25, 0.3) is 0 Å². The smallest absolute Gasteiger partial charge is 0.243 e. The fourth-order valence-electron chi connectivity index (χ4n) is 4.32. The standard InChI is InChI=1S/C22H32N4O3S/c1-18-9-10-19(15-20(18)30(28,29)26-13-7-2-3-8-14-26)24-16-21(27)25-22(17-23)11-5-4-6-12-22/h9-10,15,24H,2-8,11-14,16H2,1H3,(H,25,27).